The second-order valence-electron chi connectivity index (χ2n) is 6.99. The Morgan fingerprint density at radius 1 is 1.19 bits per heavy atom. The van der Waals surface area contributed by atoms with Gasteiger partial charge in [-0.1, -0.05) is 0 Å². The number of fused-ring (bicyclic) bond motifs is 1. The molecule has 0 atom stereocenters. The molecule has 3 heterocycles. The Labute approximate surface area is 172 Å². The number of carbonyl (C=O) groups excluding carboxylic acids is 1. The van der Waals surface area contributed by atoms with E-state index < -0.39 is 0 Å². The molecule has 1 saturated heterocycles. The average molecular weight is 475 g/mol. The van der Waals surface area contributed by atoms with Crippen LogP contribution in [0, 0.1) is 17.4 Å². The Balaban J connectivity index is 1.69. The van der Waals surface area contributed by atoms with Crippen LogP contribution in [-0.2, 0) is 4.79 Å². The van der Waals surface area contributed by atoms with Crippen LogP contribution >= 0.6 is 22.6 Å². The molecule has 0 saturated carbocycles. The molecule has 7 heteroatoms. The standard InChI is InChI=1S/C20H22IN5O/c1-12-10-15(26-8-6-25(7-9-26)14(3)27)11-17-19(12)24-20(23-17)18-13(2)22-5-4-16(18)21/h4-5,10-11H,6-9H2,1-3H3,(H,23,24). The van der Waals surface area contributed by atoms with Gasteiger partial charge in [0.15, 0.2) is 0 Å². The van der Waals surface area contributed by atoms with Crippen LogP contribution in [0.25, 0.3) is 22.4 Å². The number of hydrogen-bond acceptors (Lipinski definition) is 4. The monoisotopic (exact) mass is 475 g/mol. The topological polar surface area (TPSA) is 65.1 Å². The molecule has 3 aromatic rings. The Morgan fingerprint density at radius 3 is 2.59 bits per heavy atom. The number of nitrogens with one attached hydrogen (secondary N) is 1. The van der Waals surface area contributed by atoms with Gasteiger partial charge in [-0.2, -0.15) is 0 Å². The van der Waals surface area contributed by atoms with Gasteiger partial charge in [-0.25, -0.2) is 4.98 Å². The number of piperazine rings is 1. The van der Waals surface area contributed by atoms with Gasteiger partial charge >= 0.3 is 0 Å². The lowest BCUT2D eigenvalue weighted by Crippen LogP contribution is -2.48. The Bertz CT molecular complexity index is 1000. The van der Waals surface area contributed by atoms with Crippen molar-refractivity contribution < 1.29 is 4.79 Å². The van der Waals surface area contributed by atoms with Crippen molar-refractivity contribution in [2.45, 2.75) is 20.8 Å². The van der Waals surface area contributed by atoms with Crippen molar-refractivity contribution in [1.82, 2.24) is 19.9 Å². The SMILES string of the molecule is CC(=O)N1CCN(c2cc(C)c3nc(-c4c(I)ccnc4C)[nH]c3c2)CC1. The van der Waals surface area contributed by atoms with E-state index in [1.807, 2.05) is 24.1 Å². The summed E-state index contributed by atoms with van der Waals surface area (Å²) in [5.41, 5.74) is 6.39. The molecule has 6 nitrogen and oxygen atoms in total. The van der Waals surface area contributed by atoms with Crippen molar-refractivity contribution in [3.05, 3.63) is 39.2 Å². The van der Waals surface area contributed by atoms with Crippen LogP contribution in [0.4, 0.5) is 5.69 Å². The van der Waals surface area contributed by atoms with Gasteiger partial charge in [0.25, 0.3) is 0 Å². The molecule has 0 unspecified atom stereocenters. The van der Waals surface area contributed by atoms with Crippen molar-refractivity contribution >= 4 is 45.2 Å². The molecule has 27 heavy (non-hydrogen) atoms. The lowest BCUT2D eigenvalue weighted by Gasteiger charge is -2.35. The molecule has 0 spiro atoms. The minimum Gasteiger partial charge on any atom is -0.368 e. The lowest BCUT2D eigenvalue weighted by molar-refractivity contribution is -0.129. The Morgan fingerprint density at radius 2 is 1.93 bits per heavy atom. The van der Waals surface area contributed by atoms with Crippen molar-refractivity contribution in [1.29, 1.82) is 0 Å². The molecule has 0 bridgehead atoms. The second kappa shape index (κ2) is 7.10. The van der Waals surface area contributed by atoms with E-state index in [1.165, 1.54) is 5.69 Å². The number of anilines is 1. The third kappa shape index (κ3) is 3.40. The quantitative estimate of drug-likeness (QED) is 0.577. The summed E-state index contributed by atoms with van der Waals surface area (Å²) in [6.45, 7) is 9.00. The summed E-state index contributed by atoms with van der Waals surface area (Å²) in [5.74, 6) is 1.02. The van der Waals surface area contributed by atoms with E-state index in [1.54, 1.807) is 6.92 Å². The van der Waals surface area contributed by atoms with Crippen molar-refractivity contribution in [3.63, 3.8) is 0 Å². The zero-order valence-corrected chi connectivity index (χ0v) is 17.9. The fraction of sp³-hybridized carbons (Fsp3) is 0.350. The predicted octanol–water partition coefficient (Wildman–Crippen LogP) is 3.51. The normalized spacial score (nSPS) is 14.8. The van der Waals surface area contributed by atoms with E-state index in [-0.39, 0.29) is 5.91 Å². The number of pyridine rings is 1. The van der Waals surface area contributed by atoms with Crippen LogP contribution in [0.15, 0.2) is 24.4 Å². The molecular formula is C20H22IN5O. The number of aromatic nitrogens is 3. The van der Waals surface area contributed by atoms with Gasteiger partial charge in [0.2, 0.25) is 5.91 Å². The van der Waals surface area contributed by atoms with Crippen molar-refractivity contribution in [2.75, 3.05) is 31.1 Å². The maximum atomic E-state index is 11.6. The van der Waals surface area contributed by atoms with E-state index in [0.29, 0.717) is 0 Å². The summed E-state index contributed by atoms with van der Waals surface area (Å²) in [4.78, 5) is 28.6. The number of H-pyrrole nitrogens is 1. The number of hydrogen-bond donors (Lipinski definition) is 1. The first kappa shape index (κ1) is 18.2. The second-order valence-corrected chi connectivity index (χ2v) is 8.15. The maximum Gasteiger partial charge on any atom is 0.219 e. The first-order chi connectivity index (χ1) is 12.9. The smallest absolute Gasteiger partial charge is 0.219 e. The summed E-state index contributed by atoms with van der Waals surface area (Å²) < 4.78 is 1.14. The molecule has 2 aromatic heterocycles. The molecule has 1 fully saturated rings. The highest BCUT2D eigenvalue weighted by Crippen LogP contribution is 2.31. The molecule has 1 N–H and O–H groups in total. The molecule has 1 aliphatic heterocycles. The number of aromatic amines is 1. The zero-order chi connectivity index (χ0) is 19.1. The summed E-state index contributed by atoms with van der Waals surface area (Å²) in [6, 6.07) is 6.36. The van der Waals surface area contributed by atoms with E-state index in [2.05, 4.69) is 56.5 Å². The van der Waals surface area contributed by atoms with E-state index in [4.69, 9.17) is 4.98 Å². The highest BCUT2D eigenvalue weighted by molar-refractivity contribution is 14.1. The average Bonchev–Trinajstić information content (AvgIpc) is 3.06. The van der Waals surface area contributed by atoms with Crippen LogP contribution in [0.2, 0.25) is 0 Å². The van der Waals surface area contributed by atoms with Gasteiger partial charge in [-0.3, -0.25) is 9.78 Å². The minimum absolute atomic E-state index is 0.154. The number of halogens is 1. The lowest BCUT2D eigenvalue weighted by atomic mass is 10.1. The van der Waals surface area contributed by atoms with Crippen molar-refractivity contribution in [3.8, 4) is 11.4 Å². The molecule has 1 aliphatic rings. The highest BCUT2D eigenvalue weighted by atomic mass is 127. The summed E-state index contributed by atoms with van der Waals surface area (Å²) in [7, 11) is 0. The Kier molecular flexibility index (Phi) is 4.79. The molecule has 0 aliphatic carbocycles. The molecule has 140 valence electrons. The maximum absolute atomic E-state index is 11.6. The first-order valence-corrected chi connectivity index (χ1v) is 10.1. The fourth-order valence-corrected chi connectivity index (χ4v) is 4.48. The van der Waals surface area contributed by atoms with E-state index >= 15 is 0 Å². The zero-order valence-electron chi connectivity index (χ0n) is 15.7. The number of benzene rings is 1. The van der Waals surface area contributed by atoms with Gasteiger partial charge in [0.05, 0.1) is 16.6 Å². The number of rotatable bonds is 2. The van der Waals surface area contributed by atoms with E-state index in [0.717, 1.165) is 63.4 Å². The number of nitrogens with zero attached hydrogens (tertiary/aromatic N) is 4. The third-order valence-electron chi connectivity index (χ3n) is 5.18. The third-order valence-corrected chi connectivity index (χ3v) is 6.08. The van der Waals surface area contributed by atoms with Gasteiger partial charge in [0.1, 0.15) is 5.82 Å². The van der Waals surface area contributed by atoms with Crippen LogP contribution in [-0.4, -0.2) is 51.9 Å². The van der Waals surface area contributed by atoms with Gasteiger partial charge in [-0.15, -0.1) is 0 Å². The van der Waals surface area contributed by atoms with Crippen LogP contribution < -0.4 is 4.90 Å². The molecule has 1 amide bonds. The fourth-order valence-electron chi connectivity index (χ4n) is 3.67. The van der Waals surface area contributed by atoms with Crippen LogP contribution in [0.1, 0.15) is 18.2 Å². The van der Waals surface area contributed by atoms with Crippen LogP contribution in [0.5, 0.6) is 0 Å². The van der Waals surface area contributed by atoms with Crippen LogP contribution in [0.3, 0.4) is 0 Å². The number of aryl methyl sites for hydroxylation is 2. The number of amides is 1. The van der Waals surface area contributed by atoms with E-state index in [9.17, 15) is 4.79 Å². The largest absolute Gasteiger partial charge is 0.368 e. The summed E-state index contributed by atoms with van der Waals surface area (Å²) in [6.07, 6.45) is 1.83. The summed E-state index contributed by atoms with van der Waals surface area (Å²) >= 11 is 2.33. The highest BCUT2D eigenvalue weighted by Gasteiger charge is 2.20. The van der Waals surface area contributed by atoms with Crippen molar-refractivity contribution in [2.24, 2.45) is 0 Å². The van der Waals surface area contributed by atoms with Gasteiger partial charge in [-0.05, 0) is 60.2 Å². The number of imidazole rings is 1. The molecule has 1 aromatic carbocycles. The molecular weight excluding hydrogens is 453 g/mol. The minimum atomic E-state index is 0.154. The first-order valence-electron chi connectivity index (χ1n) is 9.06. The summed E-state index contributed by atoms with van der Waals surface area (Å²) in [5, 5.41) is 0. The number of carbonyl (C=O) groups is 1. The van der Waals surface area contributed by atoms with Gasteiger partial charge < -0.3 is 14.8 Å². The Hall–Kier alpha value is -2.16. The van der Waals surface area contributed by atoms with Gasteiger partial charge in [0, 0.05) is 54.3 Å². The molecule has 0 radical (unpaired) electrons. The predicted molar refractivity (Wildman–Crippen MR) is 116 cm³/mol. The molecule has 4 rings (SSSR count).